The van der Waals surface area contributed by atoms with E-state index in [-0.39, 0.29) is 0 Å². The van der Waals surface area contributed by atoms with Gasteiger partial charge in [-0.3, -0.25) is 0 Å². The third-order valence-corrected chi connectivity index (χ3v) is 10.8. The van der Waals surface area contributed by atoms with Crippen LogP contribution in [-0.2, 0) is 4.43 Å². The fraction of sp³-hybridized carbons (Fsp3) is 0.875. The highest BCUT2D eigenvalue weighted by atomic mass is 127. The van der Waals surface area contributed by atoms with Crippen molar-refractivity contribution in [3.63, 3.8) is 0 Å². The van der Waals surface area contributed by atoms with Gasteiger partial charge in [-0.2, -0.15) is 0 Å². The van der Waals surface area contributed by atoms with Crippen molar-refractivity contribution in [1.82, 2.24) is 0 Å². The molecule has 0 amide bonds. The Morgan fingerprint density at radius 3 is 1.79 bits per heavy atom. The number of halogens is 1. The fourth-order valence-electron chi connectivity index (χ4n) is 3.24. The number of alkyl halides is 1. The molecule has 1 nitrogen and oxygen atoms in total. The molecule has 3 heteroatoms. The minimum Gasteiger partial charge on any atom is -0.410 e. The van der Waals surface area contributed by atoms with E-state index in [9.17, 15) is 0 Å². The predicted molar refractivity (Wildman–Crippen MR) is 98.9 cm³/mol. The third kappa shape index (κ3) is 5.50. The highest BCUT2D eigenvalue weighted by Crippen LogP contribution is 2.43. The van der Waals surface area contributed by atoms with Gasteiger partial charge in [-0.25, -0.2) is 0 Å². The van der Waals surface area contributed by atoms with Gasteiger partial charge in [0.15, 0.2) is 0 Å². The summed E-state index contributed by atoms with van der Waals surface area (Å²) in [4.78, 5) is 0. The topological polar surface area (TPSA) is 9.23 Å². The van der Waals surface area contributed by atoms with Crippen molar-refractivity contribution in [2.45, 2.75) is 84.0 Å². The lowest BCUT2D eigenvalue weighted by Gasteiger charge is -2.44. The maximum Gasteiger partial charge on any atom is 0.201 e. The predicted octanol–water partition coefficient (Wildman–Crippen LogP) is 6.34. The van der Waals surface area contributed by atoms with Gasteiger partial charge in [-0.05, 0) is 29.5 Å². The Bertz CT molecular complexity index is 240. The zero-order valence-corrected chi connectivity index (χ0v) is 17.0. The summed E-state index contributed by atoms with van der Waals surface area (Å²) in [5.74, 6) is 0. The first kappa shape index (κ1) is 19.6. The molecule has 0 heterocycles. The summed E-state index contributed by atoms with van der Waals surface area (Å²) in [6.07, 6.45) is 7.13. The van der Waals surface area contributed by atoms with Gasteiger partial charge in [0.1, 0.15) is 0 Å². The molecule has 0 fully saturated rings. The van der Waals surface area contributed by atoms with Gasteiger partial charge < -0.3 is 4.43 Å². The van der Waals surface area contributed by atoms with Crippen LogP contribution in [0.15, 0.2) is 12.2 Å². The van der Waals surface area contributed by atoms with E-state index >= 15 is 0 Å². The maximum atomic E-state index is 6.77. The zero-order chi connectivity index (χ0) is 15.1. The molecule has 0 aliphatic heterocycles. The number of hydrogen-bond donors (Lipinski definition) is 0. The van der Waals surface area contributed by atoms with Crippen LogP contribution in [0.1, 0.15) is 61.3 Å². The molecule has 0 aromatic rings. The van der Waals surface area contributed by atoms with Crippen molar-refractivity contribution in [3.05, 3.63) is 12.2 Å². The lowest BCUT2D eigenvalue weighted by Crippen LogP contribution is -2.49. The van der Waals surface area contributed by atoms with Crippen LogP contribution in [0.3, 0.4) is 0 Å². The molecule has 114 valence electrons. The summed E-state index contributed by atoms with van der Waals surface area (Å²) in [6.45, 7) is 16.4. The summed E-state index contributed by atoms with van der Waals surface area (Å²) >= 11 is 2.42. The Balaban J connectivity index is 5.07. The molecule has 0 saturated carbocycles. The Kier molecular flexibility index (Phi) is 9.88. The van der Waals surface area contributed by atoms with Crippen molar-refractivity contribution in [1.29, 1.82) is 0 Å². The fourth-order valence-corrected chi connectivity index (χ4v) is 9.19. The lowest BCUT2D eigenvalue weighted by molar-refractivity contribution is 0.212. The van der Waals surface area contributed by atoms with E-state index in [1.807, 2.05) is 0 Å². The first-order chi connectivity index (χ1) is 8.82. The standard InChI is InChI=1S/C16H33IOSi/c1-8-16(11-9-10-12-17)18-19(13(2)3,14(4)5)15(6)7/h9,11,13-16H,8,10,12H2,1-7H3/b11-9-. The molecule has 1 atom stereocenters. The number of rotatable bonds is 9. The molecule has 0 spiro atoms. The minimum atomic E-state index is -1.72. The summed E-state index contributed by atoms with van der Waals surface area (Å²) < 4.78 is 7.95. The second-order valence-electron chi connectivity index (χ2n) is 6.29. The van der Waals surface area contributed by atoms with Crippen LogP contribution in [0, 0.1) is 0 Å². The lowest BCUT2D eigenvalue weighted by atomic mass is 10.2. The van der Waals surface area contributed by atoms with Crippen LogP contribution in [0.5, 0.6) is 0 Å². The molecular weight excluding hydrogens is 363 g/mol. The van der Waals surface area contributed by atoms with E-state index in [4.69, 9.17) is 4.43 Å². The molecule has 0 aliphatic rings. The van der Waals surface area contributed by atoms with Crippen molar-refractivity contribution in [2.75, 3.05) is 4.43 Å². The van der Waals surface area contributed by atoms with Crippen molar-refractivity contribution >= 4 is 30.9 Å². The van der Waals surface area contributed by atoms with Gasteiger partial charge in [-0.1, -0.05) is 83.2 Å². The molecule has 0 saturated heterocycles. The van der Waals surface area contributed by atoms with E-state index in [0.29, 0.717) is 22.7 Å². The largest absolute Gasteiger partial charge is 0.410 e. The van der Waals surface area contributed by atoms with Gasteiger partial charge in [0.05, 0.1) is 6.10 Å². The van der Waals surface area contributed by atoms with E-state index in [1.54, 1.807) is 0 Å². The maximum absolute atomic E-state index is 6.77. The number of hydrogen-bond acceptors (Lipinski definition) is 1. The van der Waals surface area contributed by atoms with Crippen molar-refractivity contribution in [3.8, 4) is 0 Å². The first-order valence-corrected chi connectivity index (χ1v) is 11.4. The van der Waals surface area contributed by atoms with Gasteiger partial charge in [0, 0.05) is 4.43 Å². The monoisotopic (exact) mass is 396 g/mol. The van der Waals surface area contributed by atoms with Crippen LogP contribution in [0.2, 0.25) is 16.6 Å². The van der Waals surface area contributed by atoms with E-state index in [2.05, 4.69) is 83.2 Å². The van der Waals surface area contributed by atoms with Gasteiger partial charge in [0.25, 0.3) is 0 Å². The Morgan fingerprint density at radius 1 is 1.00 bits per heavy atom. The molecule has 1 unspecified atom stereocenters. The van der Waals surface area contributed by atoms with Gasteiger partial charge >= 0.3 is 0 Å². The molecule has 0 aliphatic carbocycles. The first-order valence-electron chi connectivity index (χ1n) is 7.73. The van der Waals surface area contributed by atoms with E-state index in [0.717, 1.165) is 12.8 Å². The Morgan fingerprint density at radius 2 is 1.47 bits per heavy atom. The van der Waals surface area contributed by atoms with E-state index < -0.39 is 8.32 Å². The zero-order valence-electron chi connectivity index (χ0n) is 13.9. The van der Waals surface area contributed by atoms with Crippen LogP contribution >= 0.6 is 22.6 Å². The summed E-state index contributed by atoms with van der Waals surface area (Å²) in [7, 11) is -1.72. The molecule has 0 radical (unpaired) electrons. The van der Waals surface area contributed by atoms with Crippen LogP contribution in [0.4, 0.5) is 0 Å². The quantitative estimate of drug-likeness (QED) is 0.191. The van der Waals surface area contributed by atoms with Gasteiger partial charge in [-0.15, -0.1) is 0 Å². The number of allylic oxidation sites excluding steroid dienone is 1. The second kappa shape index (κ2) is 9.56. The van der Waals surface area contributed by atoms with E-state index in [1.165, 1.54) is 4.43 Å². The highest BCUT2D eigenvalue weighted by molar-refractivity contribution is 14.1. The average Bonchev–Trinajstić information content (AvgIpc) is 2.32. The molecule has 19 heavy (non-hydrogen) atoms. The van der Waals surface area contributed by atoms with Crippen molar-refractivity contribution < 1.29 is 4.43 Å². The second-order valence-corrected chi connectivity index (χ2v) is 12.8. The molecule has 0 bridgehead atoms. The smallest absolute Gasteiger partial charge is 0.201 e. The molecular formula is C16H33IOSi. The van der Waals surface area contributed by atoms with Crippen LogP contribution in [0.25, 0.3) is 0 Å². The Hall–Kier alpha value is 0.647. The Labute approximate surface area is 135 Å². The molecule has 0 aromatic heterocycles. The summed E-state index contributed by atoms with van der Waals surface area (Å²) in [6, 6.07) is 0. The molecule has 0 N–H and O–H groups in total. The summed E-state index contributed by atoms with van der Waals surface area (Å²) in [5, 5.41) is 0. The van der Waals surface area contributed by atoms with Crippen LogP contribution < -0.4 is 0 Å². The summed E-state index contributed by atoms with van der Waals surface area (Å²) in [5.41, 5.74) is 2.00. The highest BCUT2D eigenvalue weighted by Gasteiger charge is 2.46. The molecule has 0 rings (SSSR count). The SMILES string of the molecule is CCC(/C=C\CCI)O[Si](C(C)C)(C(C)C)C(C)C. The molecule has 0 aromatic carbocycles. The average molecular weight is 396 g/mol. The third-order valence-electron chi connectivity index (χ3n) is 4.09. The van der Waals surface area contributed by atoms with Crippen molar-refractivity contribution in [2.24, 2.45) is 0 Å². The minimum absolute atomic E-state index is 0.307. The van der Waals surface area contributed by atoms with Crippen LogP contribution in [-0.4, -0.2) is 18.8 Å². The normalized spacial score (nSPS) is 15.1. The van der Waals surface area contributed by atoms with Gasteiger partial charge in [0.2, 0.25) is 8.32 Å².